The van der Waals surface area contributed by atoms with Crippen LogP contribution in [0.25, 0.3) is 0 Å². The molecular formula is C7H11NO2. The van der Waals surface area contributed by atoms with Crippen molar-refractivity contribution < 1.29 is 9.63 Å². The van der Waals surface area contributed by atoms with Gasteiger partial charge >= 0.3 is 0 Å². The first-order valence-corrected chi connectivity index (χ1v) is 3.35. The number of aryl methyl sites for hydroxylation is 1. The highest BCUT2D eigenvalue weighted by molar-refractivity contribution is 4.99. The van der Waals surface area contributed by atoms with Crippen molar-refractivity contribution in [1.29, 1.82) is 0 Å². The van der Waals surface area contributed by atoms with Crippen LogP contribution in [0.3, 0.4) is 0 Å². The Kier molecular flexibility index (Phi) is 2.45. The third-order valence-electron chi connectivity index (χ3n) is 1.33. The summed E-state index contributed by atoms with van der Waals surface area (Å²) in [7, 11) is 0. The van der Waals surface area contributed by atoms with Gasteiger partial charge in [-0.15, -0.1) is 0 Å². The summed E-state index contributed by atoms with van der Waals surface area (Å²) in [5.74, 6) is 0. The Morgan fingerprint density at radius 3 is 3.10 bits per heavy atom. The van der Waals surface area contributed by atoms with Crippen LogP contribution < -0.4 is 0 Å². The van der Waals surface area contributed by atoms with E-state index < -0.39 is 0 Å². The molecule has 3 heteroatoms. The molecule has 56 valence electrons. The van der Waals surface area contributed by atoms with Crippen molar-refractivity contribution in [2.75, 3.05) is 0 Å². The normalized spacial score (nSPS) is 13.4. The van der Waals surface area contributed by atoms with E-state index in [4.69, 9.17) is 5.11 Å². The molecule has 1 aromatic rings. The first kappa shape index (κ1) is 7.28. The van der Waals surface area contributed by atoms with Gasteiger partial charge in [0.15, 0.2) is 0 Å². The fraction of sp³-hybridized carbons (Fsp3) is 0.571. The van der Waals surface area contributed by atoms with Gasteiger partial charge in [0.25, 0.3) is 0 Å². The minimum Gasteiger partial charge on any atom is -0.393 e. The highest BCUT2D eigenvalue weighted by Crippen LogP contribution is 2.02. The quantitative estimate of drug-likeness (QED) is 0.682. The molecule has 0 saturated heterocycles. The lowest BCUT2D eigenvalue weighted by Gasteiger charge is -1.99. The molecular weight excluding hydrogens is 130 g/mol. The van der Waals surface area contributed by atoms with Gasteiger partial charge in [-0.25, -0.2) is 0 Å². The number of hydrogen-bond donors (Lipinski definition) is 1. The van der Waals surface area contributed by atoms with Crippen LogP contribution in [-0.4, -0.2) is 16.4 Å². The van der Waals surface area contributed by atoms with Crippen molar-refractivity contribution in [1.82, 2.24) is 5.16 Å². The first-order chi connectivity index (χ1) is 4.79. The average molecular weight is 141 g/mol. The van der Waals surface area contributed by atoms with Gasteiger partial charge in [-0.2, -0.15) is 0 Å². The fourth-order valence-electron chi connectivity index (χ4n) is 0.726. The van der Waals surface area contributed by atoms with Gasteiger partial charge in [-0.3, -0.25) is 0 Å². The van der Waals surface area contributed by atoms with Crippen molar-refractivity contribution in [3.05, 3.63) is 18.0 Å². The zero-order chi connectivity index (χ0) is 7.40. The number of aliphatic hydroxyl groups is 1. The molecule has 0 saturated carbocycles. The molecule has 0 bridgehead atoms. The highest BCUT2D eigenvalue weighted by Gasteiger charge is 1.98. The van der Waals surface area contributed by atoms with Crippen LogP contribution in [0.4, 0.5) is 0 Å². The molecule has 1 heterocycles. The predicted octanol–water partition coefficient (Wildman–Crippen LogP) is 0.988. The Labute approximate surface area is 59.7 Å². The lowest BCUT2D eigenvalue weighted by Crippen LogP contribution is -2.00. The van der Waals surface area contributed by atoms with E-state index in [0.717, 1.165) is 18.4 Å². The van der Waals surface area contributed by atoms with Gasteiger partial charge in [-0.1, -0.05) is 5.16 Å². The van der Waals surface area contributed by atoms with Crippen LogP contribution in [0.2, 0.25) is 0 Å². The highest BCUT2D eigenvalue weighted by atomic mass is 16.5. The summed E-state index contributed by atoms with van der Waals surface area (Å²) >= 11 is 0. The molecule has 0 radical (unpaired) electrons. The third kappa shape index (κ3) is 2.19. The second-order valence-corrected chi connectivity index (χ2v) is 2.42. The molecule has 1 rings (SSSR count). The van der Waals surface area contributed by atoms with Gasteiger partial charge < -0.3 is 9.63 Å². The Bertz CT molecular complexity index is 170. The Hall–Kier alpha value is -0.830. The maximum absolute atomic E-state index is 8.90. The van der Waals surface area contributed by atoms with E-state index in [1.807, 2.05) is 0 Å². The summed E-state index contributed by atoms with van der Waals surface area (Å²) < 4.78 is 4.62. The van der Waals surface area contributed by atoms with E-state index >= 15 is 0 Å². The molecule has 0 amide bonds. The van der Waals surface area contributed by atoms with Crippen LogP contribution in [0.1, 0.15) is 18.9 Å². The maximum atomic E-state index is 8.90. The molecule has 0 spiro atoms. The number of nitrogens with zero attached hydrogens (tertiary/aromatic N) is 1. The number of rotatable bonds is 3. The van der Waals surface area contributed by atoms with Crippen LogP contribution in [0.5, 0.6) is 0 Å². The largest absolute Gasteiger partial charge is 0.393 e. The molecule has 1 atom stereocenters. The van der Waals surface area contributed by atoms with E-state index in [2.05, 4.69) is 9.68 Å². The molecule has 1 aromatic heterocycles. The van der Waals surface area contributed by atoms with E-state index in [9.17, 15) is 0 Å². The summed E-state index contributed by atoms with van der Waals surface area (Å²) in [4.78, 5) is 0. The number of aliphatic hydroxyl groups excluding tert-OH is 1. The lowest BCUT2D eigenvalue weighted by atomic mass is 10.1. The van der Waals surface area contributed by atoms with E-state index in [1.54, 1.807) is 19.4 Å². The van der Waals surface area contributed by atoms with E-state index in [0.29, 0.717) is 0 Å². The Morgan fingerprint density at radius 2 is 2.60 bits per heavy atom. The molecule has 10 heavy (non-hydrogen) atoms. The molecule has 1 unspecified atom stereocenters. The fourth-order valence-corrected chi connectivity index (χ4v) is 0.726. The van der Waals surface area contributed by atoms with Crippen molar-refractivity contribution >= 4 is 0 Å². The smallest absolute Gasteiger partial charge is 0.126 e. The summed E-state index contributed by atoms with van der Waals surface area (Å²) in [6.45, 7) is 1.77. The van der Waals surface area contributed by atoms with Crippen LogP contribution in [0.15, 0.2) is 17.0 Å². The molecule has 0 aliphatic carbocycles. The van der Waals surface area contributed by atoms with Gasteiger partial charge in [0, 0.05) is 5.56 Å². The maximum Gasteiger partial charge on any atom is 0.126 e. The van der Waals surface area contributed by atoms with Crippen molar-refractivity contribution in [2.24, 2.45) is 0 Å². The van der Waals surface area contributed by atoms with Crippen LogP contribution >= 0.6 is 0 Å². The third-order valence-corrected chi connectivity index (χ3v) is 1.33. The Balaban J connectivity index is 2.28. The lowest BCUT2D eigenvalue weighted by molar-refractivity contribution is 0.185. The molecule has 0 aliphatic heterocycles. The standard InChI is InChI=1S/C7H11NO2/c1-6(9)2-3-7-4-8-10-5-7/h4-6,9H,2-3H2,1H3. The second-order valence-electron chi connectivity index (χ2n) is 2.42. The zero-order valence-electron chi connectivity index (χ0n) is 5.95. The molecule has 3 nitrogen and oxygen atoms in total. The zero-order valence-corrected chi connectivity index (χ0v) is 5.95. The predicted molar refractivity (Wildman–Crippen MR) is 36.5 cm³/mol. The van der Waals surface area contributed by atoms with E-state index in [-0.39, 0.29) is 6.10 Å². The summed E-state index contributed by atoms with van der Waals surface area (Å²) in [6, 6.07) is 0. The van der Waals surface area contributed by atoms with Gasteiger partial charge in [-0.05, 0) is 19.8 Å². The van der Waals surface area contributed by atoms with Crippen LogP contribution in [-0.2, 0) is 6.42 Å². The van der Waals surface area contributed by atoms with Gasteiger partial charge in [0.1, 0.15) is 6.26 Å². The minimum absolute atomic E-state index is 0.241. The molecule has 0 aromatic carbocycles. The van der Waals surface area contributed by atoms with E-state index in [1.165, 1.54) is 0 Å². The molecule has 0 aliphatic rings. The SMILES string of the molecule is CC(O)CCc1cnoc1. The molecule has 0 fully saturated rings. The molecule has 1 N–H and O–H groups in total. The summed E-state index contributed by atoms with van der Waals surface area (Å²) in [6.07, 6.45) is 4.63. The monoisotopic (exact) mass is 141 g/mol. The number of hydrogen-bond acceptors (Lipinski definition) is 3. The second kappa shape index (κ2) is 3.37. The van der Waals surface area contributed by atoms with Gasteiger partial charge in [0.2, 0.25) is 0 Å². The first-order valence-electron chi connectivity index (χ1n) is 3.35. The Morgan fingerprint density at radius 1 is 1.80 bits per heavy atom. The minimum atomic E-state index is -0.241. The average Bonchev–Trinajstić information content (AvgIpc) is 2.34. The topological polar surface area (TPSA) is 46.3 Å². The van der Waals surface area contributed by atoms with Gasteiger partial charge in [0.05, 0.1) is 12.3 Å². The van der Waals surface area contributed by atoms with Crippen molar-refractivity contribution in [2.45, 2.75) is 25.9 Å². The van der Waals surface area contributed by atoms with Crippen molar-refractivity contribution in [3.63, 3.8) is 0 Å². The summed E-state index contributed by atoms with van der Waals surface area (Å²) in [5.41, 5.74) is 1.04. The number of aromatic nitrogens is 1. The summed E-state index contributed by atoms with van der Waals surface area (Å²) in [5, 5.41) is 12.4. The van der Waals surface area contributed by atoms with Crippen LogP contribution in [0, 0.1) is 0 Å². The van der Waals surface area contributed by atoms with Crippen molar-refractivity contribution in [3.8, 4) is 0 Å².